The molecule has 4 nitrogen and oxygen atoms in total. The van der Waals surface area contributed by atoms with Gasteiger partial charge in [-0.2, -0.15) is 0 Å². The summed E-state index contributed by atoms with van der Waals surface area (Å²) in [6, 6.07) is 5.56. The van der Waals surface area contributed by atoms with Gasteiger partial charge in [-0.1, -0.05) is 6.07 Å². The number of aliphatic hydroxyl groups excluding tert-OH is 1. The van der Waals surface area contributed by atoms with Gasteiger partial charge in [0.15, 0.2) is 0 Å². The number of aliphatic hydroxyl groups is 1. The summed E-state index contributed by atoms with van der Waals surface area (Å²) in [6.07, 6.45) is -0.633. The van der Waals surface area contributed by atoms with Crippen molar-refractivity contribution < 1.29 is 5.11 Å². The van der Waals surface area contributed by atoms with E-state index < -0.39 is 6.10 Å². The molecule has 0 fully saturated rings. The van der Waals surface area contributed by atoms with Crippen LogP contribution in [0.25, 0.3) is 11.0 Å². The van der Waals surface area contributed by atoms with Crippen molar-refractivity contribution in [1.29, 1.82) is 0 Å². The number of hydrogen-bond donors (Lipinski definition) is 2. The van der Waals surface area contributed by atoms with Crippen molar-refractivity contribution in [2.75, 3.05) is 0 Å². The van der Waals surface area contributed by atoms with Crippen molar-refractivity contribution >= 4 is 11.0 Å². The molecule has 2 atom stereocenters. The minimum absolute atomic E-state index is 0.276. The van der Waals surface area contributed by atoms with Gasteiger partial charge in [-0.3, -0.25) is 0 Å². The van der Waals surface area contributed by atoms with Crippen LogP contribution in [0.3, 0.4) is 0 Å². The van der Waals surface area contributed by atoms with Gasteiger partial charge in [0.2, 0.25) is 0 Å². The quantitative estimate of drug-likeness (QED) is 0.848. The third-order valence-corrected chi connectivity index (χ3v) is 3.12. The Morgan fingerprint density at radius 2 is 2.18 bits per heavy atom. The molecule has 0 saturated carbocycles. The average molecular weight is 233 g/mol. The second kappa shape index (κ2) is 4.47. The van der Waals surface area contributed by atoms with Crippen LogP contribution in [0.4, 0.5) is 0 Å². The lowest BCUT2D eigenvalue weighted by Gasteiger charge is -2.14. The van der Waals surface area contributed by atoms with Crippen LogP contribution in [0.5, 0.6) is 0 Å². The molecule has 0 amide bonds. The number of nitrogens with zero attached hydrogens (tertiary/aromatic N) is 2. The topological polar surface area (TPSA) is 64.1 Å². The summed E-state index contributed by atoms with van der Waals surface area (Å²) in [4.78, 5) is 4.50. The lowest BCUT2D eigenvalue weighted by molar-refractivity contribution is 0.153. The lowest BCUT2D eigenvalue weighted by Crippen LogP contribution is -2.24. The second-order valence-corrected chi connectivity index (χ2v) is 4.46. The number of fused-ring (bicyclic) bond motifs is 1. The second-order valence-electron chi connectivity index (χ2n) is 4.46. The fraction of sp³-hybridized carbons (Fsp3) is 0.462. The van der Waals surface area contributed by atoms with Crippen LogP contribution in [0.1, 0.15) is 31.3 Å². The Labute approximate surface area is 101 Å². The van der Waals surface area contributed by atoms with Gasteiger partial charge in [0, 0.05) is 12.6 Å². The minimum atomic E-state index is -0.633. The molecule has 2 unspecified atom stereocenters. The molecule has 1 heterocycles. The monoisotopic (exact) mass is 233 g/mol. The Kier molecular flexibility index (Phi) is 3.17. The van der Waals surface area contributed by atoms with Gasteiger partial charge in [-0.05, 0) is 38.5 Å². The summed E-state index contributed by atoms with van der Waals surface area (Å²) in [7, 11) is 0. The molecule has 1 aromatic heterocycles. The van der Waals surface area contributed by atoms with Crippen LogP contribution < -0.4 is 5.73 Å². The largest absolute Gasteiger partial charge is 0.387 e. The number of nitrogens with two attached hydrogens (primary N) is 1. The highest BCUT2D eigenvalue weighted by atomic mass is 16.3. The molecule has 0 bridgehead atoms. The maximum atomic E-state index is 9.93. The lowest BCUT2D eigenvalue weighted by atomic mass is 10.0. The molecule has 0 spiro atoms. The molecular weight excluding hydrogens is 214 g/mol. The molecular formula is C13H19N3O. The van der Waals surface area contributed by atoms with Crippen molar-refractivity contribution in [1.82, 2.24) is 9.55 Å². The highest BCUT2D eigenvalue weighted by Crippen LogP contribution is 2.22. The van der Waals surface area contributed by atoms with E-state index in [4.69, 9.17) is 5.73 Å². The summed E-state index contributed by atoms with van der Waals surface area (Å²) >= 11 is 0. The molecule has 1 aromatic carbocycles. The van der Waals surface area contributed by atoms with Crippen molar-refractivity contribution in [3.63, 3.8) is 0 Å². The number of aromatic nitrogens is 2. The van der Waals surface area contributed by atoms with E-state index in [1.807, 2.05) is 25.1 Å². The van der Waals surface area contributed by atoms with Gasteiger partial charge in [0.1, 0.15) is 5.82 Å². The molecule has 17 heavy (non-hydrogen) atoms. The number of hydrogen-bond acceptors (Lipinski definition) is 3. The summed E-state index contributed by atoms with van der Waals surface area (Å²) < 4.78 is 2.15. The first-order chi connectivity index (χ1) is 8.04. The number of imidazole rings is 1. The Balaban J connectivity index is 2.52. The number of benzene rings is 1. The highest BCUT2D eigenvalue weighted by molar-refractivity contribution is 5.77. The summed E-state index contributed by atoms with van der Waals surface area (Å²) in [6.45, 7) is 6.78. The van der Waals surface area contributed by atoms with Crippen LogP contribution in [-0.4, -0.2) is 20.7 Å². The Bertz CT molecular complexity index is 531. The van der Waals surface area contributed by atoms with Crippen molar-refractivity contribution in [2.45, 2.75) is 39.5 Å². The molecule has 92 valence electrons. The Morgan fingerprint density at radius 3 is 2.76 bits per heavy atom. The van der Waals surface area contributed by atoms with Gasteiger partial charge in [-0.25, -0.2) is 4.98 Å². The van der Waals surface area contributed by atoms with Crippen LogP contribution in [0.15, 0.2) is 18.2 Å². The van der Waals surface area contributed by atoms with E-state index in [1.165, 1.54) is 0 Å². The molecule has 0 aliphatic heterocycles. The molecule has 0 aliphatic rings. The van der Waals surface area contributed by atoms with Crippen molar-refractivity contribution in [2.24, 2.45) is 5.73 Å². The first kappa shape index (κ1) is 12.1. The van der Waals surface area contributed by atoms with E-state index in [0.29, 0.717) is 0 Å². The van der Waals surface area contributed by atoms with Crippen molar-refractivity contribution in [3.8, 4) is 0 Å². The number of rotatable bonds is 3. The predicted octanol–water partition coefficient (Wildman–Crippen LogP) is 1.75. The normalized spacial score (nSPS) is 15.1. The Morgan fingerprint density at radius 1 is 1.47 bits per heavy atom. The molecule has 3 N–H and O–H groups in total. The maximum absolute atomic E-state index is 9.93. The molecule has 2 aromatic rings. The van der Waals surface area contributed by atoms with Gasteiger partial charge >= 0.3 is 0 Å². The predicted molar refractivity (Wildman–Crippen MR) is 68.8 cm³/mol. The fourth-order valence-corrected chi connectivity index (χ4v) is 2.15. The zero-order valence-electron chi connectivity index (χ0n) is 10.5. The van der Waals surface area contributed by atoms with Crippen LogP contribution >= 0.6 is 0 Å². The van der Waals surface area contributed by atoms with Gasteiger partial charge in [0.25, 0.3) is 0 Å². The van der Waals surface area contributed by atoms with Gasteiger partial charge in [-0.15, -0.1) is 0 Å². The first-order valence-corrected chi connectivity index (χ1v) is 5.95. The van der Waals surface area contributed by atoms with E-state index in [1.54, 1.807) is 6.92 Å². The van der Waals surface area contributed by atoms with Gasteiger partial charge < -0.3 is 15.4 Å². The van der Waals surface area contributed by atoms with Crippen LogP contribution in [-0.2, 0) is 6.54 Å². The first-order valence-electron chi connectivity index (χ1n) is 5.95. The smallest absolute Gasteiger partial charge is 0.106 e. The van der Waals surface area contributed by atoms with E-state index in [0.717, 1.165) is 29.0 Å². The third kappa shape index (κ3) is 2.06. The van der Waals surface area contributed by atoms with Gasteiger partial charge in [0.05, 0.1) is 17.1 Å². The van der Waals surface area contributed by atoms with Crippen LogP contribution in [0, 0.1) is 6.92 Å². The summed E-state index contributed by atoms with van der Waals surface area (Å²) in [5.41, 5.74) is 8.55. The summed E-state index contributed by atoms with van der Waals surface area (Å²) in [5, 5.41) is 9.93. The third-order valence-electron chi connectivity index (χ3n) is 3.12. The maximum Gasteiger partial charge on any atom is 0.106 e. The molecule has 4 heteroatoms. The van der Waals surface area contributed by atoms with E-state index in [9.17, 15) is 5.11 Å². The standard InChI is InChI=1S/C13H19N3O/c1-4-16-9(3)15-11-7-10(5-6-12(11)16)13(17)8(2)14/h5-8,13,17H,4,14H2,1-3H3. The molecule has 0 aliphatic carbocycles. The number of aryl methyl sites for hydroxylation is 2. The average Bonchev–Trinajstić information content (AvgIpc) is 2.61. The van der Waals surface area contributed by atoms with E-state index in [-0.39, 0.29) is 6.04 Å². The van der Waals surface area contributed by atoms with E-state index >= 15 is 0 Å². The fourth-order valence-electron chi connectivity index (χ4n) is 2.15. The van der Waals surface area contributed by atoms with E-state index in [2.05, 4.69) is 16.5 Å². The molecule has 2 rings (SSSR count). The summed E-state index contributed by atoms with van der Waals surface area (Å²) in [5.74, 6) is 0.995. The highest BCUT2D eigenvalue weighted by Gasteiger charge is 2.14. The SMILES string of the molecule is CCn1c(C)nc2cc(C(O)C(C)N)ccc21. The zero-order valence-corrected chi connectivity index (χ0v) is 10.5. The molecule has 0 radical (unpaired) electrons. The van der Waals surface area contributed by atoms with Crippen LogP contribution in [0.2, 0.25) is 0 Å². The Hall–Kier alpha value is -1.39. The zero-order chi connectivity index (χ0) is 12.6. The molecule has 0 saturated heterocycles. The minimum Gasteiger partial charge on any atom is -0.387 e. The van der Waals surface area contributed by atoms with Crippen molar-refractivity contribution in [3.05, 3.63) is 29.6 Å².